The van der Waals surface area contributed by atoms with Crippen molar-refractivity contribution in [1.29, 1.82) is 5.26 Å². The van der Waals surface area contributed by atoms with Gasteiger partial charge in [-0.25, -0.2) is 4.39 Å². The van der Waals surface area contributed by atoms with E-state index >= 15 is 0 Å². The van der Waals surface area contributed by atoms with Gasteiger partial charge in [0.2, 0.25) is 0 Å². The molecule has 0 saturated carbocycles. The molecule has 1 aromatic rings. The molecule has 0 saturated heterocycles. The molecule has 0 radical (unpaired) electrons. The van der Waals surface area contributed by atoms with Gasteiger partial charge in [0, 0.05) is 0 Å². The van der Waals surface area contributed by atoms with Gasteiger partial charge in [0.25, 0.3) is 0 Å². The monoisotopic (exact) mass is 163 g/mol. The van der Waals surface area contributed by atoms with E-state index in [4.69, 9.17) is 5.26 Å². The molecule has 0 aliphatic heterocycles. The topological polar surface area (TPSA) is 40.9 Å². The van der Waals surface area contributed by atoms with Gasteiger partial charge in [0.05, 0.1) is 18.1 Å². The summed E-state index contributed by atoms with van der Waals surface area (Å²) in [5.41, 5.74) is 0.609. The van der Waals surface area contributed by atoms with E-state index < -0.39 is 5.82 Å². The second-order valence-electron chi connectivity index (χ2n) is 2.31. The lowest BCUT2D eigenvalue weighted by Crippen LogP contribution is -1.90. The summed E-state index contributed by atoms with van der Waals surface area (Å²) >= 11 is 0. The predicted molar refractivity (Wildman–Crippen MR) is 41.1 cm³/mol. The third-order valence-corrected chi connectivity index (χ3v) is 1.48. The van der Waals surface area contributed by atoms with Gasteiger partial charge < -0.3 is 0 Å². The number of carbonyl (C=O) groups excluding carboxylic acids is 1. The normalized spacial score (nSPS) is 9.00. The molecule has 0 aliphatic carbocycles. The van der Waals surface area contributed by atoms with Crippen LogP contribution in [0, 0.1) is 17.1 Å². The zero-order valence-corrected chi connectivity index (χ0v) is 6.25. The third kappa shape index (κ3) is 1.67. The van der Waals surface area contributed by atoms with Crippen LogP contribution >= 0.6 is 0 Å². The van der Waals surface area contributed by atoms with Crippen molar-refractivity contribution in [3.8, 4) is 6.07 Å². The van der Waals surface area contributed by atoms with Crippen molar-refractivity contribution in [2.24, 2.45) is 0 Å². The Morgan fingerprint density at radius 3 is 2.83 bits per heavy atom. The fraction of sp³-hybridized carbons (Fsp3) is 0.111. The maximum Gasteiger partial charge on any atom is 0.152 e. The van der Waals surface area contributed by atoms with Crippen LogP contribution in [0.25, 0.3) is 0 Å². The van der Waals surface area contributed by atoms with E-state index in [-0.39, 0.29) is 12.0 Å². The van der Waals surface area contributed by atoms with Gasteiger partial charge in [0.15, 0.2) is 6.29 Å². The molecule has 0 bridgehead atoms. The van der Waals surface area contributed by atoms with Crippen LogP contribution in [0.5, 0.6) is 0 Å². The number of hydrogen-bond acceptors (Lipinski definition) is 2. The molecule has 0 unspecified atom stereocenters. The van der Waals surface area contributed by atoms with Crippen molar-refractivity contribution in [1.82, 2.24) is 0 Å². The van der Waals surface area contributed by atoms with Crippen molar-refractivity contribution >= 4 is 6.29 Å². The minimum Gasteiger partial charge on any atom is -0.298 e. The Balaban J connectivity index is 3.03. The Morgan fingerprint density at radius 2 is 2.33 bits per heavy atom. The van der Waals surface area contributed by atoms with Crippen LogP contribution in [0.2, 0.25) is 0 Å². The lowest BCUT2D eigenvalue weighted by atomic mass is 10.1. The highest BCUT2D eigenvalue weighted by molar-refractivity contribution is 5.75. The van der Waals surface area contributed by atoms with Crippen molar-refractivity contribution in [2.45, 2.75) is 6.42 Å². The number of aldehydes is 1. The SMILES string of the molecule is N#CCc1ccc(C=O)c(F)c1. The number of nitriles is 1. The van der Waals surface area contributed by atoms with Gasteiger partial charge >= 0.3 is 0 Å². The summed E-state index contributed by atoms with van der Waals surface area (Å²) in [6.07, 6.45) is 0.613. The first-order chi connectivity index (χ1) is 5.77. The van der Waals surface area contributed by atoms with Crippen LogP contribution in [0.3, 0.4) is 0 Å². The minimum absolute atomic E-state index is 0.0247. The summed E-state index contributed by atoms with van der Waals surface area (Å²) in [6.45, 7) is 0. The molecular weight excluding hydrogens is 157 g/mol. The highest BCUT2D eigenvalue weighted by atomic mass is 19.1. The van der Waals surface area contributed by atoms with Gasteiger partial charge in [-0.2, -0.15) is 5.26 Å². The lowest BCUT2D eigenvalue weighted by Gasteiger charge is -1.96. The highest BCUT2D eigenvalue weighted by Gasteiger charge is 2.01. The van der Waals surface area contributed by atoms with E-state index in [1.54, 1.807) is 6.07 Å². The Bertz CT molecular complexity index is 341. The van der Waals surface area contributed by atoms with E-state index in [0.717, 1.165) is 0 Å². The van der Waals surface area contributed by atoms with E-state index in [2.05, 4.69) is 0 Å². The van der Waals surface area contributed by atoms with E-state index in [0.29, 0.717) is 11.8 Å². The maximum absolute atomic E-state index is 12.8. The zero-order valence-electron chi connectivity index (χ0n) is 6.25. The molecule has 3 heteroatoms. The van der Waals surface area contributed by atoms with Crippen molar-refractivity contribution in [3.63, 3.8) is 0 Å². The van der Waals surface area contributed by atoms with Crippen LogP contribution in [0.1, 0.15) is 15.9 Å². The molecule has 60 valence electrons. The molecule has 0 heterocycles. The third-order valence-electron chi connectivity index (χ3n) is 1.48. The molecular formula is C9H6FNO. The number of rotatable bonds is 2. The first-order valence-corrected chi connectivity index (χ1v) is 3.38. The molecule has 0 spiro atoms. The smallest absolute Gasteiger partial charge is 0.152 e. The second kappa shape index (κ2) is 3.63. The largest absolute Gasteiger partial charge is 0.298 e. The number of benzene rings is 1. The van der Waals surface area contributed by atoms with Crippen LogP contribution in [0.15, 0.2) is 18.2 Å². The molecule has 2 nitrogen and oxygen atoms in total. The Morgan fingerprint density at radius 1 is 1.58 bits per heavy atom. The van der Waals surface area contributed by atoms with E-state index in [1.807, 2.05) is 6.07 Å². The maximum atomic E-state index is 12.8. The Hall–Kier alpha value is -1.69. The number of carbonyl (C=O) groups is 1. The first-order valence-electron chi connectivity index (χ1n) is 3.38. The molecule has 0 atom stereocenters. The molecule has 1 aromatic carbocycles. The second-order valence-corrected chi connectivity index (χ2v) is 2.31. The van der Waals surface area contributed by atoms with Crippen molar-refractivity contribution < 1.29 is 9.18 Å². The van der Waals surface area contributed by atoms with E-state index in [9.17, 15) is 9.18 Å². The van der Waals surface area contributed by atoms with Crippen LogP contribution in [0.4, 0.5) is 4.39 Å². The Labute approximate surface area is 69.2 Å². The molecule has 0 aliphatic rings. The molecule has 0 amide bonds. The van der Waals surface area contributed by atoms with Gasteiger partial charge in [-0.3, -0.25) is 4.79 Å². The lowest BCUT2D eigenvalue weighted by molar-refractivity contribution is 0.112. The number of halogens is 1. The first kappa shape index (κ1) is 8.41. The molecule has 0 N–H and O–H groups in total. The van der Waals surface area contributed by atoms with Crippen molar-refractivity contribution in [3.05, 3.63) is 35.1 Å². The minimum atomic E-state index is -0.572. The fourth-order valence-electron chi connectivity index (χ4n) is 0.867. The fourth-order valence-corrected chi connectivity index (χ4v) is 0.867. The summed E-state index contributed by atoms with van der Waals surface area (Å²) in [4.78, 5) is 10.2. The van der Waals surface area contributed by atoms with Crippen LogP contribution in [-0.2, 0) is 6.42 Å². The molecule has 1 rings (SSSR count). The summed E-state index contributed by atoms with van der Waals surface area (Å²) in [5, 5.41) is 8.30. The van der Waals surface area contributed by atoms with Crippen LogP contribution in [-0.4, -0.2) is 6.29 Å². The molecule has 12 heavy (non-hydrogen) atoms. The van der Waals surface area contributed by atoms with Crippen LogP contribution < -0.4 is 0 Å². The summed E-state index contributed by atoms with van der Waals surface area (Å²) in [5.74, 6) is -0.572. The number of nitrogens with zero attached hydrogens (tertiary/aromatic N) is 1. The highest BCUT2D eigenvalue weighted by Crippen LogP contribution is 2.08. The Kier molecular flexibility index (Phi) is 2.54. The van der Waals surface area contributed by atoms with Crippen molar-refractivity contribution in [2.75, 3.05) is 0 Å². The van der Waals surface area contributed by atoms with Gasteiger partial charge in [-0.15, -0.1) is 0 Å². The molecule has 0 aromatic heterocycles. The standard InChI is InChI=1S/C9H6FNO/c10-9-5-7(3-4-11)1-2-8(9)6-12/h1-2,5-6H,3H2. The average Bonchev–Trinajstić information content (AvgIpc) is 2.05. The quantitative estimate of drug-likeness (QED) is 0.622. The van der Waals surface area contributed by atoms with Gasteiger partial charge in [0.1, 0.15) is 5.82 Å². The summed E-state index contributed by atoms with van der Waals surface area (Å²) in [6, 6.07) is 6.03. The predicted octanol–water partition coefficient (Wildman–Crippen LogP) is 1.70. The average molecular weight is 163 g/mol. The van der Waals surface area contributed by atoms with Gasteiger partial charge in [-0.1, -0.05) is 6.07 Å². The zero-order chi connectivity index (χ0) is 8.97. The van der Waals surface area contributed by atoms with Gasteiger partial charge in [-0.05, 0) is 17.7 Å². The molecule has 0 fully saturated rings. The van der Waals surface area contributed by atoms with E-state index in [1.165, 1.54) is 12.1 Å². The summed E-state index contributed by atoms with van der Waals surface area (Å²) in [7, 11) is 0. The summed E-state index contributed by atoms with van der Waals surface area (Å²) < 4.78 is 12.8. The number of hydrogen-bond donors (Lipinski definition) is 0.